The molecule has 8 heterocycles. The molecule has 7 nitrogen and oxygen atoms in total. The molecule has 9 unspecified atom stereocenters. The number of carbonyl (C=O) groups excluding carboxylic acids is 2. The van der Waals surface area contributed by atoms with Crippen LogP contribution in [0.1, 0.15) is 132 Å². The Morgan fingerprint density at radius 3 is 2.57 bits per heavy atom. The molecule has 2 N–H and O–H groups in total. The van der Waals surface area contributed by atoms with Gasteiger partial charge in [0.25, 0.3) is 0 Å². The van der Waals surface area contributed by atoms with Gasteiger partial charge in [0.05, 0.1) is 11.0 Å². The number of nitrogens with two attached hydrogens (primary N) is 1. The molecule has 2 spiro atoms. The topological polar surface area (TPSA) is 85.1 Å². The standard InChI is InChI=1S/C47H63N3O4/c1-3-9-40-45-25-35-19-20-46(45,47(40)38-14-7-12-34(13-8-21-48)42(38)43(51)54-47)41(53-44(45)52)18-16-36(24-31-10-5-4-6-11-31)49-26-32-23-33(27-49)29-50(28-32)39-17-15-30(2)22-37(35)39/h7,12,14,17-18,25,30-33,36-37,40H,3-6,8-11,13,15-16,19-24,26-29,48H2,1-2H3. The number of benzene rings is 1. The maximum absolute atomic E-state index is 15.1. The summed E-state index contributed by atoms with van der Waals surface area (Å²) in [6.45, 7) is 9.85. The van der Waals surface area contributed by atoms with E-state index in [2.05, 4.69) is 60.1 Å². The fourth-order valence-corrected chi connectivity index (χ4v) is 14.4. The van der Waals surface area contributed by atoms with Gasteiger partial charge in [0.2, 0.25) is 0 Å². The molecule has 8 aliphatic heterocycles. The Morgan fingerprint density at radius 2 is 1.80 bits per heavy atom. The monoisotopic (exact) mass is 733 g/mol. The average molecular weight is 734 g/mol. The molecule has 2 saturated carbocycles. The van der Waals surface area contributed by atoms with Crippen molar-refractivity contribution in [3.8, 4) is 0 Å². The number of ether oxygens (including phenoxy) is 2. The van der Waals surface area contributed by atoms with E-state index in [1.807, 2.05) is 0 Å². The number of piperidine rings is 2. The molecule has 1 aromatic carbocycles. The van der Waals surface area contributed by atoms with Gasteiger partial charge in [-0.15, -0.1) is 0 Å². The van der Waals surface area contributed by atoms with Crippen LogP contribution < -0.4 is 5.73 Å². The summed E-state index contributed by atoms with van der Waals surface area (Å²) in [6, 6.07) is 6.77. The van der Waals surface area contributed by atoms with Gasteiger partial charge >= 0.3 is 11.9 Å². The van der Waals surface area contributed by atoms with E-state index in [1.54, 1.807) is 0 Å². The van der Waals surface area contributed by atoms with Gasteiger partial charge in [-0.25, -0.2) is 4.79 Å². The third-order valence-corrected chi connectivity index (χ3v) is 16.3. The Kier molecular flexibility index (Phi) is 8.78. The smallest absolute Gasteiger partial charge is 0.339 e. The first-order valence-corrected chi connectivity index (χ1v) is 22.2. The van der Waals surface area contributed by atoms with Crippen molar-refractivity contribution in [2.45, 2.75) is 128 Å². The highest BCUT2D eigenvalue weighted by atomic mass is 16.6. The summed E-state index contributed by atoms with van der Waals surface area (Å²) < 4.78 is 13.8. The van der Waals surface area contributed by atoms with Crippen LogP contribution in [0.15, 0.2) is 53.5 Å². The van der Waals surface area contributed by atoms with Crippen molar-refractivity contribution < 1.29 is 19.1 Å². The van der Waals surface area contributed by atoms with E-state index in [1.165, 1.54) is 69.3 Å². The van der Waals surface area contributed by atoms with Gasteiger partial charge in [-0.1, -0.05) is 88.3 Å². The number of aryl methyl sites for hydroxylation is 1. The molecule has 0 amide bonds. The Hall–Kier alpha value is -2.90. The highest BCUT2D eigenvalue weighted by molar-refractivity contribution is 5.99. The predicted octanol–water partition coefficient (Wildman–Crippen LogP) is 8.43. The van der Waals surface area contributed by atoms with Crippen LogP contribution in [0, 0.1) is 46.3 Å². The quantitative estimate of drug-likeness (QED) is 0.223. The van der Waals surface area contributed by atoms with E-state index >= 15 is 4.79 Å². The second-order valence-electron chi connectivity index (χ2n) is 19.4. The predicted molar refractivity (Wildman–Crippen MR) is 210 cm³/mol. The Morgan fingerprint density at radius 1 is 0.981 bits per heavy atom. The largest absolute Gasteiger partial charge is 0.449 e. The van der Waals surface area contributed by atoms with E-state index in [0.717, 1.165) is 99.2 Å². The molecule has 5 fully saturated rings. The number of esters is 2. The van der Waals surface area contributed by atoms with Gasteiger partial charge < -0.3 is 20.1 Å². The van der Waals surface area contributed by atoms with Crippen molar-refractivity contribution >= 4 is 11.9 Å². The average Bonchev–Trinajstić information content (AvgIpc) is 3.62. The first-order chi connectivity index (χ1) is 26.3. The summed E-state index contributed by atoms with van der Waals surface area (Å²) in [5.74, 6) is 3.36. The first-order valence-electron chi connectivity index (χ1n) is 22.2. The van der Waals surface area contributed by atoms with Gasteiger partial charge in [0, 0.05) is 55.3 Å². The maximum atomic E-state index is 15.1. The number of allylic oxidation sites excluding steroid dienone is 2. The summed E-state index contributed by atoms with van der Waals surface area (Å²) >= 11 is 0. The molecule has 12 aliphatic rings. The summed E-state index contributed by atoms with van der Waals surface area (Å²) in [4.78, 5) is 35.2. The lowest BCUT2D eigenvalue weighted by molar-refractivity contribution is -0.271. The van der Waals surface area contributed by atoms with Gasteiger partial charge in [-0.2, -0.15) is 0 Å². The minimum Gasteiger partial charge on any atom is -0.449 e. The van der Waals surface area contributed by atoms with Crippen molar-refractivity contribution in [2.75, 3.05) is 32.7 Å². The minimum atomic E-state index is -0.930. The number of hydrogen-bond donors (Lipinski definition) is 1. The second kappa shape index (κ2) is 13.4. The molecular weight excluding hydrogens is 671 g/mol. The van der Waals surface area contributed by atoms with E-state index in [4.69, 9.17) is 15.2 Å². The number of nitrogens with zero attached hydrogens (tertiary/aromatic N) is 2. The van der Waals surface area contributed by atoms with Crippen molar-refractivity contribution in [3.63, 3.8) is 0 Å². The molecule has 7 heteroatoms. The Labute approximate surface area is 323 Å². The van der Waals surface area contributed by atoms with Crippen molar-refractivity contribution in [1.82, 2.24) is 9.80 Å². The number of fused-ring (bicyclic) bond motifs is 2. The van der Waals surface area contributed by atoms with Crippen molar-refractivity contribution in [3.05, 3.63) is 70.1 Å². The van der Waals surface area contributed by atoms with Crippen LogP contribution >= 0.6 is 0 Å². The van der Waals surface area contributed by atoms with E-state index in [-0.39, 0.29) is 17.9 Å². The molecule has 1 aromatic rings. The normalized spacial score (nSPS) is 40.8. The van der Waals surface area contributed by atoms with Crippen molar-refractivity contribution in [1.29, 1.82) is 0 Å². The maximum Gasteiger partial charge on any atom is 0.339 e. The van der Waals surface area contributed by atoms with Gasteiger partial charge in [0.1, 0.15) is 11.2 Å². The van der Waals surface area contributed by atoms with E-state index in [0.29, 0.717) is 36.3 Å². The molecule has 4 aliphatic carbocycles. The third kappa shape index (κ3) is 4.91. The molecular formula is C47H63N3O4. The fourth-order valence-electron chi connectivity index (χ4n) is 14.4. The zero-order chi connectivity index (χ0) is 36.8. The third-order valence-electron chi connectivity index (χ3n) is 16.3. The Bertz CT molecular complexity index is 1780. The van der Waals surface area contributed by atoms with Crippen LogP contribution in [0.5, 0.6) is 0 Å². The van der Waals surface area contributed by atoms with Crippen LogP contribution in [0.4, 0.5) is 0 Å². The summed E-state index contributed by atoms with van der Waals surface area (Å²) in [5.41, 5.74) is 9.16. The molecule has 290 valence electrons. The molecule has 8 bridgehead atoms. The van der Waals surface area contributed by atoms with Gasteiger partial charge in [-0.3, -0.25) is 9.69 Å². The molecule has 0 radical (unpaired) electrons. The highest BCUT2D eigenvalue weighted by Gasteiger charge is 2.91. The lowest BCUT2D eigenvalue weighted by Gasteiger charge is -2.69. The number of hydrogen-bond acceptors (Lipinski definition) is 7. The Balaban J connectivity index is 1.17. The van der Waals surface area contributed by atoms with Gasteiger partial charge in [-0.05, 0) is 106 Å². The van der Waals surface area contributed by atoms with Crippen LogP contribution in [0.25, 0.3) is 0 Å². The van der Waals surface area contributed by atoms with Crippen LogP contribution in [0.2, 0.25) is 0 Å². The molecule has 3 saturated heterocycles. The van der Waals surface area contributed by atoms with Crippen molar-refractivity contribution in [2.24, 2.45) is 52.1 Å². The number of rotatable bonds is 7. The van der Waals surface area contributed by atoms with E-state index in [9.17, 15) is 4.79 Å². The fraction of sp³-hybridized carbons (Fsp3) is 0.702. The minimum absolute atomic E-state index is 0.105. The first kappa shape index (κ1) is 35.5. The summed E-state index contributed by atoms with van der Waals surface area (Å²) in [5, 5.41) is 0. The van der Waals surface area contributed by atoms with Crippen LogP contribution in [-0.4, -0.2) is 60.5 Å². The lowest BCUT2D eigenvalue weighted by atomic mass is 9.31. The van der Waals surface area contributed by atoms with Gasteiger partial charge in [0.15, 0.2) is 5.60 Å². The molecule has 0 aromatic heterocycles. The SMILES string of the molecule is CCCC1C23C=C4CCC2(C(=CCC(CC2CCCCC2)N2CC5CC(CN(C5)C5=CCC(C)CC45)C2)OC3=O)C12OC(=O)c1c(CCCN)cccc12. The van der Waals surface area contributed by atoms with E-state index < -0.39 is 16.4 Å². The summed E-state index contributed by atoms with van der Waals surface area (Å²) in [6.07, 6.45) is 24.8. The summed E-state index contributed by atoms with van der Waals surface area (Å²) in [7, 11) is 0. The lowest BCUT2D eigenvalue weighted by Crippen LogP contribution is -2.75. The molecule has 54 heavy (non-hydrogen) atoms. The number of carbonyl (C=O) groups is 2. The van der Waals surface area contributed by atoms with Crippen LogP contribution in [0.3, 0.4) is 0 Å². The van der Waals surface area contributed by atoms with Crippen LogP contribution in [-0.2, 0) is 26.3 Å². The molecule has 13 rings (SSSR count). The zero-order valence-electron chi connectivity index (χ0n) is 33.0. The highest BCUT2D eigenvalue weighted by Crippen LogP contribution is 2.84. The second-order valence-corrected chi connectivity index (χ2v) is 19.4. The molecule has 9 atom stereocenters. The zero-order valence-corrected chi connectivity index (χ0v) is 33.0.